The smallest absolute Gasteiger partial charge is 0.359 e. The van der Waals surface area contributed by atoms with Crippen molar-refractivity contribution in [2.45, 2.75) is 47.3 Å². The number of carbonyl (C=O) groups excluding carboxylic acids is 1. The van der Waals surface area contributed by atoms with Gasteiger partial charge in [0.25, 0.3) is 0 Å². The Hall–Kier alpha value is -2.77. The third-order valence-corrected chi connectivity index (χ3v) is 9.79. The first-order valence-corrected chi connectivity index (χ1v) is 15.4. The molecule has 0 bridgehead atoms. The number of nitrogens with one attached hydrogen (secondary N) is 3. The van der Waals surface area contributed by atoms with Crippen LogP contribution < -0.4 is 10.6 Å². The summed E-state index contributed by atoms with van der Waals surface area (Å²) in [6.45, 7) is -0.223. The molecule has 1 fully saturated rings. The summed E-state index contributed by atoms with van der Waals surface area (Å²) in [5, 5.41) is 12.7. The third kappa shape index (κ3) is 7.06. The van der Waals surface area contributed by atoms with E-state index in [0.717, 1.165) is 23.4 Å². The van der Waals surface area contributed by atoms with Gasteiger partial charge < -0.3 is 15.5 Å². The van der Waals surface area contributed by atoms with E-state index in [1.54, 1.807) is 24.3 Å². The fraction of sp³-hybridized carbons (Fsp3) is 0.462. The van der Waals surface area contributed by atoms with Gasteiger partial charge in [-0.25, -0.2) is 8.42 Å². The maximum Gasteiger partial charge on any atom is 0.416 e. The Bertz CT molecular complexity index is 1410. The molecule has 1 amide bonds. The fourth-order valence-electron chi connectivity index (χ4n) is 4.99. The molecular formula is C26H32F3N5O3S2. The van der Waals surface area contributed by atoms with Crippen LogP contribution in [0.2, 0.25) is 0 Å². The number of rotatable bonds is 9. The molecule has 0 radical (unpaired) electrons. The van der Waals surface area contributed by atoms with E-state index in [9.17, 15) is 26.4 Å². The highest BCUT2D eigenvalue weighted by Gasteiger charge is 2.36. The average molecular weight is 584 g/mol. The maximum atomic E-state index is 13.3. The third-order valence-electron chi connectivity index (χ3n) is 7.19. The lowest BCUT2D eigenvalue weighted by Gasteiger charge is -2.39. The van der Waals surface area contributed by atoms with Gasteiger partial charge in [0.15, 0.2) is 15.7 Å². The molecule has 0 saturated heterocycles. The Morgan fingerprint density at radius 3 is 2.51 bits per heavy atom. The van der Waals surface area contributed by atoms with Crippen LogP contribution in [0.4, 0.5) is 19.0 Å². The Morgan fingerprint density at radius 1 is 1.15 bits per heavy atom. The summed E-state index contributed by atoms with van der Waals surface area (Å²) in [7, 11) is 0.322. The molecule has 1 unspecified atom stereocenters. The molecule has 1 aromatic heterocycles. The number of aromatic nitrogens is 2. The van der Waals surface area contributed by atoms with Crippen molar-refractivity contribution in [3.63, 3.8) is 0 Å². The van der Waals surface area contributed by atoms with Crippen molar-refractivity contribution in [2.24, 2.45) is 5.92 Å². The first-order valence-electron chi connectivity index (χ1n) is 12.5. The van der Waals surface area contributed by atoms with Gasteiger partial charge in [0.05, 0.1) is 28.3 Å². The molecule has 2 aromatic carbocycles. The van der Waals surface area contributed by atoms with Crippen LogP contribution in [0.25, 0.3) is 10.9 Å². The molecule has 212 valence electrons. The molecule has 8 nitrogen and oxygen atoms in total. The highest BCUT2D eigenvalue weighted by Crippen LogP contribution is 2.33. The van der Waals surface area contributed by atoms with Gasteiger partial charge in [0, 0.05) is 22.4 Å². The highest BCUT2D eigenvalue weighted by molar-refractivity contribution is 7.98. The predicted octanol–water partition coefficient (Wildman–Crippen LogP) is 4.40. The minimum atomic E-state index is -4.50. The Balaban J connectivity index is 1.45. The van der Waals surface area contributed by atoms with Crippen LogP contribution in [0.3, 0.4) is 0 Å². The van der Waals surface area contributed by atoms with Crippen molar-refractivity contribution in [3.05, 3.63) is 48.0 Å². The van der Waals surface area contributed by atoms with E-state index in [4.69, 9.17) is 0 Å². The van der Waals surface area contributed by atoms with Crippen molar-refractivity contribution in [2.75, 3.05) is 38.0 Å². The topological polar surface area (TPSA) is 107 Å². The zero-order chi connectivity index (χ0) is 28.4. The van der Waals surface area contributed by atoms with Gasteiger partial charge in [0.1, 0.15) is 0 Å². The summed E-state index contributed by atoms with van der Waals surface area (Å²) in [5.41, 5.74) is -0.405. The first kappa shape index (κ1) is 29.2. The number of thioether (sulfide) groups is 1. The molecule has 1 aliphatic rings. The molecule has 3 aromatic rings. The summed E-state index contributed by atoms with van der Waals surface area (Å²) < 4.78 is 66.0. The van der Waals surface area contributed by atoms with Crippen LogP contribution >= 0.6 is 11.8 Å². The van der Waals surface area contributed by atoms with Crippen LogP contribution in [-0.4, -0.2) is 74.2 Å². The van der Waals surface area contributed by atoms with Gasteiger partial charge in [0.2, 0.25) is 5.91 Å². The van der Waals surface area contributed by atoms with E-state index in [-0.39, 0.29) is 46.4 Å². The van der Waals surface area contributed by atoms with Gasteiger partial charge in [-0.2, -0.15) is 18.3 Å². The van der Waals surface area contributed by atoms with Gasteiger partial charge in [-0.1, -0.05) is 0 Å². The van der Waals surface area contributed by atoms with E-state index in [1.165, 1.54) is 17.8 Å². The van der Waals surface area contributed by atoms with E-state index < -0.39 is 27.5 Å². The number of amides is 1. The summed E-state index contributed by atoms with van der Waals surface area (Å²) in [4.78, 5) is 16.2. The number of carbonyl (C=O) groups is 1. The lowest BCUT2D eigenvalue weighted by atomic mass is 9.82. The van der Waals surface area contributed by atoms with Gasteiger partial charge in [-0.05, 0) is 88.0 Å². The zero-order valence-electron chi connectivity index (χ0n) is 21.9. The van der Waals surface area contributed by atoms with Crippen LogP contribution in [0.5, 0.6) is 0 Å². The number of hydrogen-bond donors (Lipinski definition) is 3. The first-order chi connectivity index (χ1) is 18.4. The Labute approximate surface area is 230 Å². The standard InChI is InChI=1S/C26H32F3N5O3S2/c1-34(2)18-5-11-22(16(12-18)15-39(36,37)20-8-6-19(38-3)7-9-20)31-24(35)14-30-25-21-13-17(26(27,28)29)4-10-23(21)32-33-25/h4,6-10,13,16,18,22H,5,11-12,14-15H2,1-3H3,(H,31,35)(H2,30,32,33)/t16-,18+,22?/m0/s1. The normalized spacial score (nSPS) is 20.3. The van der Waals surface area contributed by atoms with Gasteiger partial charge in [-0.15, -0.1) is 11.8 Å². The van der Waals surface area contributed by atoms with E-state index in [2.05, 4.69) is 25.7 Å². The summed E-state index contributed by atoms with van der Waals surface area (Å²) >= 11 is 1.53. The number of anilines is 1. The van der Waals surface area contributed by atoms with Crippen molar-refractivity contribution in [1.82, 2.24) is 20.4 Å². The predicted molar refractivity (Wildman–Crippen MR) is 147 cm³/mol. The molecule has 3 atom stereocenters. The number of sulfone groups is 1. The molecule has 4 rings (SSSR count). The number of alkyl halides is 3. The van der Waals surface area contributed by atoms with E-state index in [1.807, 2.05) is 20.4 Å². The van der Waals surface area contributed by atoms with Crippen LogP contribution in [0, 0.1) is 5.92 Å². The summed E-state index contributed by atoms with van der Waals surface area (Å²) in [6, 6.07) is 9.86. The van der Waals surface area contributed by atoms with E-state index >= 15 is 0 Å². The molecule has 0 aliphatic heterocycles. The number of aromatic amines is 1. The molecule has 39 heavy (non-hydrogen) atoms. The number of hydrogen-bond acceptors (Lipinski definition) is 7. The van der Waals surface area contributed by atoms with Crippen molar-refractivity contribution in [3.8, 4) is 0 Å². The quantitative estimate of drug-likeness (QED) is 0.321. The molecule has 1 aliphatic carbocycles. The largest absolute Gasteiger partial charge is 0.416 e. The van der Waals surface area contributed by atoms with Crippen molar-refractivity contribution in [1.29, 1.82) is 0 Å². The lowest BCUT2D eigenvalue weighted by Crippen LogP contribution is -2.50. The number of nitrogens with zero attached hydrogens (tertiary/aromatic N) is 2. The van der Waals surface area contributed by atoms with Crippen LogP contribution in [-0.2, 0) is 20.8 Å². The van der Waals surface area contributed by atoms with Crippen LogP contribution in [0.1, 0.15) is 24.8 Å². The molecular weight excluding hydrogens is 551 g/mol. The summed E-state index contributed by atoms with van der Waals surface area (Å²) in [5.74, 6) is -0.659. The molecule has 3 N–H and O–H groups in total. The van der Waals surface area contributed by atoms with Gasteiger partial charge >= 0.3 is 6.18 Å². The molecule has 13 heteroatoms. The minimum absolute atomic E-state index is 0.0987. The van der Waals surface area contributed by atoms with Gasteiger partial charge in [-0.3, -0.25) is 9.89 Å². The number of H-pyrrole nitrogens is 1. The average Bonchev–Trinajstić information content (AvgIpc) is 3.30. The minimum Gasteiger partial charge on any atom is -0.359 e. The Morgan fingerprint density at radius 2 is 1.87 bits per heavy atom. The zero-order valence-corrected chi connectivity index (χ0v) is 23.5. The second kappa shape index (κ2) is 11.8. The van der Waals surface area contributed by atoms with Crippen molar-refractivity contribution < 1.29 is 26.4 Å². The Kier molecular flexibility index (Phi) is 8.82. The fourth-order valence-corrected chi connectivity index (χ4v) is 7.07. The molecule has 0 spiro atoms. The SMILES string of the molecule is CSc1ccc(S(=O)(=O)C[C@@H]2C[C@H](N(C)C)CCC2NC(=O)CNc2n[nH]c3ccc(C(F)(F)F)cc23)cc1. The van der Waals surface area contributed by atoms with Crippen LogP contribution in [0.15, 0.2) is 52.3 Å². The maximum absolute atomic E-state index is 13.3. The molecule has 1 saturated carbocycles. The number of halogens is 3. The van der Waals surface area contributed by atoms with Crippen molar-refractivity contribution >= 4 is 44.2 Å². The summed E-state index contributed by atoms with van der Waals surface area (Å²) in [6.07, 6.45) is -0.561. The second-order valence-electron chi connectivity index (χ2n) is 10.0. The monoisotopic (exact) mass is 583 g/mol. The lowest BCUT2D eigenvalue weighted by molar-refractivity contribution is -0.137. The second-order valence-corrected chi connectivity index (χ2v) is 12.9. The van der Waals surface area contributed by atoms with E-state index in [0.29, 0.717) is 18.4 Å². The number of benzene rings is 2. The number of fused-ring (bicyclic) bond motifs is 1. The highest BCUT2D eigenvalue weighted by atomic mass is 32.2. The molecule has 1 heterocycles.